The van der Waals surface area contributed by atoms with E-state index in [1.54, 1.807) is 11.8 Å². The van der Waals surface area contributed by atoms with Crippen molar-refractivity contribution in [2.24, 2.45) is 0 Å². The number of rotatable bonds is 5. The molecule has 4 rings (SSSR count). The zero-order valence-electron chi connectivity index (χ0n) is 14.3. The number of carbonyl (C=O) groups excluding carboxylic acids is 1. The number of H-pyrrole nitrogens is 2. The quantitative estimate of drug-likeness (QED) is 0.825. The first kappa shape index (κ1) is 16.4. The molecule has 2 aromatic rings. The van der Waals surface area contributed by atoms with Crippen LogP contribution in [0.1, 0.15) is 29.7 Å². The molecule has 0 radical (unpaired) electrons. The molecule has 0 spiro atoms. The van der Waals surface area contributed by atoms with Gasteiger partial charge in [0.2, 0.25) is 12.7 Å². The smallest absolute Gasteiger partial charge is 0.325 e. The van der Waals surface area contributed by atoms with E-state index in [-0.39, 0.29) is 25.2 Å². The maximum Gasteiger partial charge on any atom is 0.325 e. The Bertz CT molecular complexity index is 974. The Morgan fingerprint density at radius 3 is 2.69 bits per heavy atom. The number of hydrogen-bond acceptors (Lipinski definition) is 5. The second kappa shape index (κ2) is 6.36. The van der Waals surface area contributed by atoms with E-state index in [0.29, 0.717) is 29.3 Å². The Kier molecular flexibility index (Phi) is 4.02. The molecule has 1 aliphatic carbocycles. The van der Waals surface area contributed by atoms with Gasteiger partial charge in [-0.2, -0.15) is 0 Å². The summed E-state index contributed by atoms with van der Waals surface area (Å²) in [6.07, 6.45) is 1.87. The SMILES string of the molecule is Cc1[nH]c(=O)[nH]c(=O)c1CC(=O)N(Cc1ccc2c(c1)OCO2)C1CC1. The molecule has 8 nitrogen and oxygen atoms in total. The number of amides is 1. The Hall–Kier alpha value is -3.03. The van der Waals surface area contributed by atoms with Gasteiger partial charge in [-0.25, -0.2) is 4.79 Å². The van der Waals surface area contributed by atoms with Crippen LogP contribution in [0.25, 0.3) is 0 Å². The summed E-state index contributed by atoms with van der Waals surface area (Å²) in [5.41, 5.74) is 0.583. The maximum absolute atomic E-state index is 12.8. The lowest BCUT2D eigenvalue weighted by molar-refractivity contribution is -0.131. The molecule has 1 fully saturated rings. The minimum absolute atomic E-state index is 0.0427. The molecule has 1 saturated carbocycles. The van der Waals surface area contributed by atoms with Crippen LogP contribution in [0.15, 0.2) is 27.8 Å². The highest BCUT2D eigenvalue weighted by atomic mass is 16.7. The molecule has 2 heterocycles. The summed E-state index contributed by atoms with van der Waals surface area (Å²) in [6.45, 7) is 2.28. The van der Waals surface area contributed by atoms with Crippen molar-refractivity contribution in [3.63, 3.8) is 0 Å². The average Bonchev–Trinajstić information content (AvgIpc) is 3.32. The van der Waals surface area contributed by atoms with Gasteiger partial charge in [0.25, 0.3) is 5.56 Å². The van der Waals surface area contributed by atoms with Crippen LogP contribution in [0.3, 0.4) is 0 Å². The van der Waals surface area contributed by atoms with Crippen molar-refractivity contribution in [2.45, 2.75) is 38.8 Å². The highest BCUT2D eigenvalue weighted by molar-refractivity contribution is 5.79. The Balaban J connectivity index is 1.54. The first-order chi connectivity index (χ1) is 12.5. The first-order valence-corrected chi connectivity index (χ1v) is 8.51. The molecular formula is C18H19N3O5. The van der Waals surface area contributed by atoms with Crippen molar-refractivity contribution in [3.05, 3.63) is 55.9 Å². The number of aromatic amines is 2. The second-order valence-corrected chi connectivity index (χ2v) is 6.63. The molecule has 1 amide bonds. The third-order valence-electron chi connectivity index (χ3n) is 4.68. The largest absolute Gasteiger partial charge is 0.454 e. The molecule has 26 heavy (non-hydrogen) atoms. The average molecular weight is 357 g/mol. The minimum Gasteiger partial charge on any atom is -0.454 e. The van der Waals surface area contributed by atoms with Gasteiger partial charge in [0.15, 0.2) is 11.5 Å². The molecular weight excluding hydrogens is 338 g/mol. The molecule has 0 unspecified atom stereocenters. The number of aromatic nitrogens is 2. The normalized spacial score (nSPS) is 15.1. The molecule has 0 bridgehead atoms. The van der Waals surface area contributed by atoms with Crippen LogP contribution in [0.2, 0.25) is 0 Å². The van der Waals surface area contributed by atoms with E-state index in [1.807, 2.05) is 18.2 Å². The van der Waals surface area contributed by atoms with Crippen LogP contribution in [0.5, 0.6) is 11.5 Å². The van der Waals surface area contributed by atoms with Gasteiger partial charge < -0.3 is 19.4 Å². The van der Waals surface area contributed by atoms with E-state index in [4.69, 9.17) is 9.47 Å². The van der Waals surface area contributed by atoms with Gasteiger partial charge in [-0.1, -0.05) is 6.07 Å². The molecule has 136 valence electrons. The highest BCUT2D eigenvalue weighted by Gasteiger charge is 2.33. The number of ether oxygens (including phenoxy) is 2. The molecule has 1 aromatic heterocycles. The second-order valence-electron chi connectivity index (χ2n) is 6.63. The van der Waals surface area contributed by atoms with Crippen LogP contribution in [0.4, 0.5) is 0 Å². The summed E-state index contributed by atoms with van der Waals surface area (Å²) >= 11 is 0. The van der Waals surface area contributed by atoms with E-state index in [9.17, 15) is 14.4 Å². The van der Waals surface area contributed by atoms with Gasteiger partial charge >= 0.3 is 5.69 Å². The standard InChI is InChI=1S/C18H19N3O5/c1-10-13(17(23)20-18(24)19-10)7-16(22)21(12-3-4-12)8-11-2-5-14-15(6-11)26-9-25-14/h2,5-6,12H,3-4,7-9H2,1H3,(H2,19,20,23,24). The summed E-state index contributed by atoms with van der Waals surface area (Å²) in [4.78, 5) is 42.7. The molecule has 0 saturated heterocycles. The predicted molar refractivity (Wildman–Crippen MR) is 92.3 cm³/mol. The van der Waals surface area contributed by atoms with Gasteiger partial charge in [0.05, 0.1) is 6.42 Å². The lowest BCUT2D eigenvalue weighted by atomic mass is 10.1. The van der Waals surface area contributed by atoms with E-state index in [0.717, 1.165) is 18.4 Å². The highest BCUT2D eigenvalue weighted by Crippen LogP contribution is 2.34. The first-order valence-electron chi connectivity index (χ1n) is 8.51. The van der Waals surface area contributed by atoms with E-state index in [2.05, 4.69) is 9.97 Å². The number of carbonyl (C=O) groups is 1. The van der Waals surface area contributed by atoms with E-state index < -0.39 is 11.2 Å². The molecule has 8 heteroatoms. The lowest BCUT2D eigenvalue weighted by Gasteiger charge is -2.23. The summed E-state index contributed by atoms with van der Waals surface area (Å²) in [7, 11) is 0. The number of fused-ring (bicyclic) bond motifs is 1. The van der Waals surface area contributed by atoms with Gasteiger partial charge in [0.1, 0.15) is 0 Å². The van der Waals surface area contributed by atoms with Crippen molar-refractivity contribution in [1.29, 1.82) is 0 Å². The summed E-state index contributed by atoms with van der Waals surface area (Å²) in [5.74, 6) is 1.25. The fourth-order valence-electron chi connectivity index (χ4n) is 3.13. The molecule has 1 aromatic carbocycles. The van der Waals surface area contributed by atoms with Crippen LogP contribution in [-0.2, 0) is 17.8 Å². The van der Waals surface area contributed by atoms with Crippen molar-refractivity contribution in [2.75, 3.05) is 6.79 Å². The zero-order chi connectivity index (χ0) is 18.3. The maximum atomic E-state index is 12.8. The van der Waals surface area contributed by atoms with Crippen LogP contribution >= 0.6 is 0 Å². The summed E-state index contributed by atoms with van der Waals surface area (Å²) in [6, 6.07) is 5.82. The zero-order valence-corrected chi connectivity index (χ0v) is 14.3. The number of benzene rings is 1. The van der Waals surface area contributed by atoms with E-state index in [1.165, 1.54) is 0 Å². The number of nitrogens with zero attached hydrogens (tertiary/aromatic N) is 1. The summed E-state index contributed by atoms with van der Waals surface area (Å²) in [5, 5.41) is 0. The fourth-order valence-corrected chi connectivity index (χ4v) is 3.13. The van der Waals surface area contributed by atoms with Crippen LogP contribution in [0, 0.1) is 6.92 Å². The molecule has 0 atom stereocenters. The fraction of sp³-hybridized carbons (Fsp3) is 0.389. The molecule has 1 aliphatic heterocycles. The third kappa shape index (κ3) is 3.22. The van der Waals surface area contributed by atoms with Crippen LogP contribution < -0.4 is 20.7 Å². The summed E-state index contributed by atoms with van der Waals surface area (Å²) < 4.78 is 10.7. The van der Waals surface area contributed by atoms with Crippen molar-refractivity contribution in [3.8, 4) is 11.5 Å². The number of aryl methyl sites for hydroxylation is 1. The van der Waals surface area contributed by atoms with Gasteiger partial charge in [-0.15, -0.1) is 0 Å². The van der Waals surface area contributed by atoms with E-state index >= 15 is 0 Å². The predicted octanol–water partition coefficient (Wildman–Crippen LogP) is 0.834. The number of hydrogen-bond donors (Lipinski definition) is 2. The number of nitrogens with one attached hydrogen (secondary N) is 2. The lowest BCUT2D eigenvalue weighted by Crippen LogP contribution is -2.36. The van der Waals surface area contributed by atoms with Crippen LogP contribution in [-0.4, -0.2) is 33.6 Å². The van der Waals surface area contributed by atoms with Crippen molar-refractivity contribution < 1.29 is 14.3 Å². The monoisotopic (exact) mass is 357 g/mol. The molecule has 2 aliphatic rings. The Labute approximate surface area is 148 Å². The third-order valence-corrected chi connectivity index (χ3v) is 4.68. The molecule has 2 N–H and O–H groups in total. The Morgan fingerprint density at radius 2 is 1.96 bits per heavy atom. The van der Waals surface area contributed by atoms with Crippen molar-refractivity contribution in [1.82, 2.24) is 14.9 Å². The minimum atomic E-state index is -0.567. The van der Waals surface area contributed by atoms with Gasteiger partial charge in [-0.05, 0) is 37.5 Å². The van der Waals surface area contributed by atoms with Gasteiger partial charge in [-0.3, -0.25) is 14.6 Å². The van der Waals surface area contributed by atoms with Crippen molar-refractivity contribution >= 4 is 5.91 Å². The van der Waals surface area contributed by atoms with Gasteiger partial charge in [0, 0.05) is 23.8 Å². The topological polar surface area (TPSA) is 104 Å². The Morgan fingerprint density at radius 1 is 1.19 bits per heavy atom.